The van der Waals surface area contributed by atoms with Gasteiger partial charge < -0.3 is 10.5 Å². The number of primary sulfonamides is 1. The number of anilines is 1. The number of sulfonamides is 1. The van der Waals surface area contributed by atoms with Crippen molar-refractivity contribution in [3.63, 3.8) is 0 Å². The van der Waals surface area contributed by atoms with Crippen LogP contribution in [0.3, 0.4) is 0 Å². The van der Waals surface area contributed by atoms with Gasteiger partial charge in [-0.15, -0.1) is 0 Å². The van der Waals surface area contributed by atoms with E-state index >= 15 is 0 Å². The zero-order valence-corrected chi connectivity index (χ0v) is 13.4. The molecule has 4 N–H and O–H groups in total. The summed E-state index contributed by atoms with van der Waals surface area (Å²) >= 11 is 17.7. The highest BCUT2D eigenvalue weighted by Crippen LogP contribution is 2.38. The molecule has 0 aromatic heterocycles. The maximum absolute atomic E-state index is 11.6. The third-order valence-electron chi connectivity index (χ3n) is 2.47. The lowest BCUT2D eigenvalue weighted by molar-refractivity contribution is 0.468. The summed E-state index contributed by atoms with van der Waals surface area (Å²) in [4.78, 5) is -0.260. The fourth-order valence-corrected chi connectivity index (χ4v) is 2.80. The van der Waals surface area contributed by atoms with E-state index in [1.807, 2.05) is 0 Å². The summed E-state index contributed by atoms with van der Waals surface area (Å²) in [5.74, 6) is 0.118. The average molecular weight is 368 g/mol. The molecule has 0 radical (unpaired) electrons. The Labute approximate surface area is 136 Å². The molecule has 2 aromatic rings. The number of hydrogen-bond acceptors (Lipinski definition) is 4. The van der Waals surface area contributed by atoms with E-state index in [2.05, 4.69) is 0 Å². The van der Waals surface area contributed by atoms with Gasteiger partial charge in [0.05, 0.1) is 15.1 Å². The van der Waals surface area contributed by atoms with Crippen molar-refractivity contribution >= 4 is 50.5 Å². The van der Waals surface area contributed by atoms with Crippen LogP contribution in [0.1, 0.15) is 0 Å². The van der Waals surface area contributed by atoms with Crippen molar-refractivity contribution in [3.05, 3.63) is 45.4 Å². The molecule has 0 aliphatic rings. The van der Waals surface area contributed by atoms with Gasteiger partial charge in [-0.25, -0.2) is 13.6 Å². The van der Waals surface area contributed by atoms with Crippen molar-refractivity contribution in [2.24, 2.45) is 5.14 Å². The molecule has 0 aliphatic carbocycles. The molecule has 0 aliphatic heterocycles. The van der Waals surface area contributed by atoms with Crippen LogP contribution >= 0.6 is 34.8 Å². The lowest BCUT2D eigenvalue weighted by Gasteiger charge is -2.12. The molecule has 21 heavy (non-hydrogen) atoms. The molecule has 0 bridgehead atoms. The third kappa shape index (κ3) is 3.72. The first-order valence-corrected chi connectivity index (χ1v) is 8.11. The molecule has 0 spiro atoms. The van der Waals surface area contributed by atoms with Crippen molar-refractivity contribution in [2.45, 2.75) is 4.90 Å². The van der Waals surface area contributed by atoms with E-state index in [9.17, 15) is 8.42 Å². The predicted octanol–water partition coefficient (Wildman–Crippen LogP) is 3.67. The molecular formula is C12H9Cl3N2O3S. The Kier molecular flexibility index (Phi) is 4.55. The van der Waals surface area contributed by atoms with Crippen LogP contribution in [0.4, 0.5) is 5.69 Å². The zero-order valence-electron chi connectivity index (χ0n) is 10.3. The normalized spacial score (nSPS) is 11.4. The van der Waals surface area contributed by atoms with E-state index in [1.165, 1.54) is 30.3 Å². The summed E-state index contributed by atoms with van der Waals surface area (Å²) in [6, 6.07) is 6.78. The van der Waals surface area contributed by atoms with Gasteiger partial charge in [-0.1, -0.05) is 34.8 Å². The number of nitrogen functional groups attached to an aromatic ring is 1. The van der Waals surface area contributed by atoms with E-state index in [1.54, 1.807) is 0 Å². The highest BCUT2D eigenvalue weighted by atomic mass is 35.5. The van der Waals surface area contributed by atoms with Crippen LogP contribution < -0.4 is 15.6 Å². The first kappa shape index (κ1) is 16.2. The van der Waals surface area contributed by atoms with E-state index in [-0.39, 0.29) is 37.1 Å². The van der Waals surface area contributed by atoms with Gasteiger partial charge in [0.2, 0.25) is 10.0 Å². The molecule has 5 nitrogen and oxygen atoms in total. The Morgan fingerprint density at radius 3 is 2.14 bits per heavy atom. The zero-order chi connectivity index (χ0) is 15.8. The molecule has 2 aromatic carbocycles. The Balaban J connectivity index is 2.53. The molecule has 112 valence electrons. The largest absolute Gasteiger partial charge is 0.454 e. The molecule has 0 saturated heterocycles. The van der Waals surface area contributed by atoms with Gasteiger partial charge in [0.15, 0.2) is 0 Å². The second kappa shape index (κ2) is 5.90. The van der Waals surface area contributed by atoms with Crippen LogP contribution in [-0.4, -0.2) is 8.42 Å². The molecule has 0 fully saturated rings. The second-order valence-electron chi connectivity index (χ2n) is 4.05. The standard InChI is InChI=1S/C12H9Cl3N2O3S/c13-7-4-9(15)11(5-8(7)14)20-10-2-1-6(16)3-12(10)21(17,18)19/h1-5H,16H2,(H2,17,18,19). The topological polar surface area (TPSA) is 95.4 Å². The molecule has 0 unspecified atom stereocenters. The lowest BCUT2D eigenvalue weighted by atomic mass is 10.3. The highest BCUT2D eigenvalue weighted by Gasteiger charge is 2.18. The van der Waals surface area contributed by atoms with Crippen LogP contribution in [0.25, 0.3) is 0 Å². The van der Waals surface area contributed by atoms with Crippen molar-refractivity contribution < 1.29 is 13.2 Å². The Hall–Kier alpha value is -1.18. The van der Waals surface area contributed by atoms with Crippen LogP contribution in [0, 0.1) is 0 Å². The first-order chi connectivity index (χ1) is 9.68. The first-order valence-electron chi connectivity index (χ1n) is 5.43. The minimum absolute atomic E-state index is 0.0213. The van der Waals surface area contributed by atoms with Gasteiger partial charge in [-0.05, 0) is 24.3 Å². The number of benzene rings is 2. The quantitative estimate of drug-likeness (QED) is 0.639. The Morgan fingerprint density at radius 1 is 0.905 bits per heavy atom. The van der Waals surface area contributed by atoms with Crippen LogP contribution in [0.15, 0.2) is 35.2 Å². The second-order valence-corrected chi connectivity index (χ2v) is 6.80. The average Bonchev–Trinajstić information content (AvgIpc) is 2.36. The number of ether oxygens (including phenoxy) is 1. The monoisotopic (exact) mass is 366 g/mol. The number of halogens is 3. The minimum atomic E-state index is -4.01. The van der Waals surface area contributed by atoms with Gasteiger partial charge in [0.25, 0.3) is 0 Å². The van der Waals surface area contributed by atoms with E-state index < -0.39 is 10.0 Å². The maximum atomic E-state index is 11.6. The lowest BCUT2D eigenvalue weighted by Crippen LogP contribution is -2.13. The predicted molar refractivity (Wildman–Crippen MR) is 83.8 cm³/mol. The maximum Gasteiger partial charge on any atom is 0.241 e. The van der Waals surface area contributed by atoms with Crippen molar-refractivity contribution in [3.8, 4) is 11.5 Å². The van der Waals surface area contributed by atoms with E-state index in [0.717, 1.165) is 0 Å². The van der Waals surface area contributed by atoms with Crippen LogP contribution in [0.5, 0.6) is 11.5 Å². The summed E-state index contributed by atoms with van der Waals surface area (Å²) in [7, 11) is -4.01. The fraction of sp³-hybridized carbons (Fsp3) is 0. The molecule has 0 heterocycles. The van der Waals surface area contributed by atoms with Crippen molar-refractivity contribution in [2.75, 3.05) is 5.73 Å². The van der Waals surface area contributed by atoms with Crippen molar-refractivity contribution in [1.29, 1.82) is 0 Å². The summed E-state index contributed by atoms with van der Waals surface area (Å²) in [6.07, 6.45) is 0. The van der Waals surface area contributed by atoms with Gasteiger partial charge in [-0.2, -0.15) is 0 Å². The van der Waals surface area contributed by atoms with Gasteiger partial charge in [-0.3, -0.25) is 0 Å². The minimum Gasteiger partial charge on any atom is -0.454 e. The van der Waals surface area contributed by atoms with Crippen LogP contribution in [0.2, 0.25) is 15.1 Å². The molecule has 0 saturated carbocycles. The fourth-order valence-electron chi connectivity index (χ4n) is 1.53. The van der Waals surface area contributed by atoms with Gasteiger partial charge in [0, 0.05) is 11.8 Å². The van der Waals surface area contributed by atoms with Crippen molar-refractivity contribution in [1.82, 2.24) is 0 Å². The van der Waals surface area contributed by atoms with E-state index in [0.29, 0.717) is 0 Å². The summed E-state index contributed by atoms with van der Waals surface area (Å²) < 4.78 is 28.6. The molecular weight excluding hydrogens is 359 g/mol. The Morgan fingerprint density at radius 2 is 1.52 bits per heavy atom. The summed E-state index contributed by atoms with van der Waals surface area (Å²) in [5, 5.41) is 5.76. The molecule has 0 amide bonds. The SMILES string of the molecule is Nc1ccc(Oc2cc(Cl)c(Cl)cc2Cl)c(S(N)(=O)=O)c1. The van der Waals surface area contributed by atoms with Gasteiger partial charge in [0.1, 0.15) is 16.4 Å². The molecule has 9 heteroatoms. The number of hydrogen-bond donors (Lipinski definition) is 2. The highest BCUT2D eigenvalue weighted by molar-refractivity contribution is 7.89. The van der Waals surface area contributed by atoms with Gasteiger partial charge >= 0.3 is 0 Å². The third-order valence-corrected chi connectivity index (χ3v) is 4.42. The Bertz CT molecular complexity index is 810. The van der Waals surface area contributed by atoms with Crippen LogP contribution in [-0.2, 0) is 10.0 Å². The molecule has 2 rings (SSSR count). The molecule has 0 atom stereocenters. The number of rotatable bonds is 3. The summed E-state index contributed by atoms with van der Waals surface area (Å²) in [6.45, 7) is 0. The number of nitrogens with two attached hydrogens (primary N) is 2. The smallest absolute Gasteiger partial charge is 0.241 e. The summed E-state index contributed by atoms with van der Waals surface area (Å²) in [5.41, 5.74) is 5.78. The van der Waals surface area contributed by atoms with E-state index in [4.69, 9.17) is 50.4 Å².